The van der Waals surface area contributed by atoms with Crippen molar-refractivity contribution in [2.75, 3.05) is 5.33 Å². The number of hydrogen-bond acceptors (Lipinski definition) is 2. The largest absolute Gasteiger partial charge is 0.246 e. The summed E-state index contributed by atoms with van der Waals surface area (Å²) in [6, 6.07) is 0. The summed E-state index contributed by atoms with van der Waals surface area (Å²) in [4.78, 5) is 4.77. The van der Waals surface area contributed by atoms with Gasteiger partial charge in [-0.05, 0) is 18.3 Å². The van der Waals surface area contributed by atoms with Crippen molar-refractivity contribution in [2.24, 2.45) is 11.8 Å². The zero-order valence-corrected chi connectivity index (χ0v) is 14.0. The van der Waals surface area contributed by atoms with Gasteiger partial charge in [0.15, 0.2) is 0 Å². The zero-order valence-electron chi connectivity index (χ0n) is 11.6. The molecule has 3 heteroatoms. The number of hydrogen-bond donors (Lipinski definition) is 0. The molecule has 0 saturated heterocycles. The van der Waals surface area contributed by atoms with Crippen LogP contribution in [-0.4, -0.2) is 10.3 Å². The van der Waals surface area contributed by atoms with Crippen molar-refractivity contribution in [3.05, 3.63) is 16.1 Å². The number of alkyl halides is 1. The van der Waals surface area contributed by atoms with E-state index in [1.54, 1.807) is 0 Å². The highest BCUT2D eigenvalue weighted by Crippen LogP contribution is 2.26. The second kappa shape index (κ2) is 6.33. The van der Waals surface area contributed by atoms with Gasteiger partial charge in [-0.15, -0.1) is 11.3 Å². The van der Waals surface area contributed by atoms with Gasteiger partial charge in [-0.1, -0.05) is 50.5 Å². The van der Waals surface area contributed by atoms with Crippen molar-refractivity contribution in [3.8, 4) is 0 Å². The van der Waals surface area contributed by atoms with Gasteiger partial charge in [-0.25, -0.2) is 4.98 Å². The first-order valence-electron chi connectivity index (χ1n) is 6.33. The van der Waals surface area contributed by atoms with Crippen LogP contribution < -0.4 is 0 Å². The van der Waals surface area contributed by atoms with Crippen LogP contribution in [0.15, 0.2) is 5.38 Å². The normalized spacial score (nSPS) is 14.3. The smallest absolute Gasteiger partial charge is 0.0931 e. The van der Waals surface area contributed by atoms with E-state index in [1.807, 2.05) is 11.3 Å². The van der Waals surface area contributed by atoms with E-state index in [9.17, 15) is 0 Å². The molecule has 1 nitrogen and oxygen atoms in total. The molecule has 0 aliphatic carbocycles. The van der Waals surface area contributed by atoms with Gasteiger partial charge in [-0.3, -0.25) is 0 Å². The summed E-state index contributed by atoms with van der Waals surface area (Å²) in [5.74, 6) is 1.48. The molecule has 1 aromatic heterocycles. The molecule has 1 unspecified atom stereocenters. The van der Waals surface area contributed by atoms with Crippen molar-refractivity contribution in [1.29, 1.82) is 0 Å². The highest BCUT2D eigenvalue weighted by Gasteiger charge is 2.19. The topological polar surface area (TPSA) is 12.9 Å². The van der Waals surface area contributed by atoms with Gasteiger partial charge in [0, 0.05) is 22.5 Å². The van der Waals surface area contributed by atoms with Gasteiger partial charge < -0.3 is 0 Å². The Morgan fingerprint density at radius 3 is 2.41 bits per heavy atom. The van der Waals surface area contributed by atoms with E-state index >= 15 is 0 Å². The van der Waals surface area contributed by atoms with E-state index in [2.05, 4.69) is 55.9 Å². The Balaban J connectivity index is 2.65. The first-order chi connectivity index (χ1) is 7.82. The summed E-state index contributed by atoms with van der Waals surface area (Å²) in [7, 11) is 0. The molecule has 1 heterocycles. The molecule has 0 N–H and O–H groups in total. The van der Waals surface area contributed by atoms with E-state index in [4.69, 9.17) is 4.98 Å². The Labute approximate surface area is 118 Å². The van der Waals surface area contributed by atoms with Crippen LogP contribution >= 0.6 is 27.3 Å². The van der Waals surface area contributed by atoms with Gasteiger partial charge in [0.05, 0.1) is 10.7 Å². The summed E-state index contributed by atoms with van der Waals surface area (Å²) in [6.45, 7) is 11.3. The molecular formula is C14H24BrNS. The lowest BCUT2D eigenvalue weighted by Gasteiger charge is -2.16. The fourth-order valence-corrected chi connectivity index (χ4v) is 3.49. The number of aromatic nitrogens is 1. The maximum Gasteiger partial charge on any atom is 0.0931 e. The van der Waals surface area contributed by atoms with Crippen molar-refractivity contribution >= 4 is 27.3 Å². The van der Waals surface area contributed by atoms with E-state index in [-0.39, 0.29) is 5.41 Å². The molecule has 1 aromatic rings. The average Bonchev–Trinajstić information content (AvgIpc) is 2.63. The molecule has 0 radical (unpaired) electrons. The lowest BCUT2D eigenvalue weighted by Crippen LogP contribution is -2.13. The van der Waals surface area contributed by atoms with Crippen molar-refractivity contribution < 1.29 is 0 Å². The minimum absolute atomic E-state index is 0.177. The van der Waals surface area contributed by atoms with Crippen molar-refractivity contribution in [1.82, 2.24) is 4.98 Å². The van der Waals surface area contributed by atoms with Crippen LogP contribution in [0.4, 0.5) is 0 Å². The molecule has 0 aliphatic heterocycles. The number of rotatable bonds is 5. The first kappa shape index (κ1) is 15.2. The van der Waals surface area contributed by atoms with Crippen LogP contribution in [0.5, 0.6) is 0 Å². The molecule has 0 amide bonds. The Morgan fingerprint density at radius 2 is 2.00 bits per heavy atom. The van der Waals surface area contributed by atoms with E-state index in [0.717, 1.165) is 17.7 Å². The second-order valence-corrected chi connectivity index (χ2v) is 7.82. The summed E-state index contributed by atoms with van der Waals surface area (Å²) in [5, 5.41) is 4.59. The standard InChI is InChI=1S/C14H24BrNS/c1-10(2)6-11(8-15)7-13-16-12(9-17-13)14(3,4)5/h9-11H,6-8H2,1-5H3. The first-order valence-corrected chi connectivity index (χ1v) is 8.34. The number of halogens is 1. The van der Waals surface area contributed by atoms with Crippen LogP contribution in [0, 0.1) is 11.8 Å². The molecule has 0 spiro atoms. The van der Waals surface area contributed by atoms with Crippen LogP contribution in [0.1, 0.15) is 51.7 Å². The summed E-state index contributed by atoms with van der Waals surface area (Å²) in [5.41, 5.74) is 1.41. The SMILES string of the molecule is CC(C)CC(CBr)Cc1nc(C(C)(C)C)cs1. The summed E-state index contributed by atoms with van der Waals surface area (Å²) in [6.07, 6.45) is 2.39. The predicted molar refractivity (Wildman–Crippen MR) is 81.3 cm³/mol. The minimum atomic E-state index is 0.177. The molecule has 17 heavy (non-hydrogen) atoms. The molecule has 0 aromatic carbocycles. The Bertz CT molecular complexity index is 338. The van der Waals surface area contributed by atoms with Gasteiger partial charge >= 0.3 is 0 Å². The van der Waals surface area contributed by atoms with Gasteiger partial charge in [-0.2, -0.15) is 0 Å². The van der Waals surface area contributed by atoms with E-state index in [0.29, 0.717) is 5.92 Å². The molecule has 0 bridgehead atoms. The zero-order chi connectivity index (χ0) is 13.1. The van der Waals surface area contributed by atoms with Gasteiger partial charge in [0.25, 0.3) is 0 Å². The average molecular weight is 318 g/mol. The Kier molecular flexibility index (Phi) is 5.65. The number of thiazole rings is 1. The molecular weight excluding hydrogens is 294 g/mol. The third-order valence-corrected chi connectivity index (χ3v) is 4.59. The lowest BCUT2D eigenvalue weighted by atomic mass is 9.93. The van der Waals surface area contributed by atoms with E-state index < -0.39 is 0 Å². The molecule has 0 fully saturated rings. The molecule has 0 aliphatic rings. The quantitative estimate of drug-likeness (QED) is 0.693. The fourth-order valence-electron chi connectivity index (χ4n) is 1.86. The van der Waals surface area contributed by atoms with Crippen molar-refractivity contribution in [3.63, 3.8) is 0 Å². The lowest BCUT2D eigenvalue weighted by molar-refractivity contribution is 0.443. The predicted octanol–water partition coefficient (Wildman–Crippen LogP) is 5.04. The molecule has 1 rings (SSSR count). The fraction of sp³-hybridized carbons (Fsp3) is 0.786. The summed E-state index contributed by atoms with van der Waals surface area (Å²) >= 11 is 5.44. The van der Waals surface area contributed by atoms with Crippen LogP contribution in [0.3, 0.4) is 0 Å². The Hall–Kier alpha value is 0.110. The van der Waals surface area contributed by atoms with E-state index in [1.165, 1.54) is 17.1 Å². The third-order valence-electron chi connectivity index (χ3n) is 2.81. The highest BCUT2D eigenvalue weighted by molar-refractivity contribution is 9.09. The van der Waals surface area contributed by atoms with Crippen LogP contribution in [0.2, 0.25) is 0 Å². The monoisotopic (exact) mass is 317 g/mol. The molecule has 1 atom stereocenters. The maximum atomic E-state index is 4.77. The highest BCUT2D eigenvalue weighted by atomic mass is 79.9. The summed E-state index contributed by atoms with van der Waals surface area (Å²) < 4.78 is 0. The number of nitrogens with zero attached hydrogens (tertiary/aromatic N) is 1. The maximum absolute atomic E-state index is 4.77. The van der Waals surface area contributed by atoms with Crippen molar-refractivity contribution in [2.45, 2.75) is 52.9 Å². The third kappa shape index (κ3) is 5.09. The van der Waals surface area contributed by atoms with Gasteiger partial charge in [0.1, 0.15) is 0 Å². The second-order valence-electron chi connectivity index (χ2n) is 6.23. The van der Waals surface area contributed by atoms with Gasteiger partial charge in [0.2, 0.25) is 0 Å². The molecule has 0 saturated carbocycles. The van der Waals surface area contributed by atoms with Crippen LogP contribution in [-0.2, 0) is 11.8 Å². The molecule has 98 valence electrons. The Morgan fingerprint density at radius 1 is 1.35 bits per heavy atom. The van der Waals surface area contributed by atoms with Crippen LogP contribution in [0.25, 0.3) is 0 Å². The minimum Gasteiger partial charge on any atom is -0.246 e.